The first-order chi connectivity index (χ1) is 8.04. The van der Waals surface area contributed by atoms with E-state index in [-0.39, 0.29) is 0 Å². The fourth-order valence-corrected chi connectivity index (χ4v) is 1.41. The van der Waals surface area contributed by atoms with Gasteiger partial charge in [0.1, 0.15) is 17.9 Å². The Bertz CT molecular complexity index is 401. The predicted molar refractivity (Wildman–Crippen MR) is 69.3 cm³/mol. The summed E-state index contributed by atoms with van der Waals surface area (Å²) in [7, 11) is 1.72. The van der Waals surface area contributed by atoms with Crippen molar-refractivity contribution in [3.05, 3.63) is 23.3 Å². The molecule has 1 aromatic rings. The second-order valence-corrected chi connectivity index (χ2v) is 4.09. The van der Waals surface area contributed by atoms with Gasteiger partial charge in [-0.1, -0.05) is 0 Å². The van der Waals surface area contributed by atoms with Gasteiger partial charge in [-0.25, -0.2) is 9.97 Å². The number of hydrogen-bond acceptors (Lipinski definition) is 5. The lowest BCUT2D eigenvalue weighted by atomic mass is 10.2. The number of aromatic nitrogens is 2. The van der Waals surface area contributed by atoms with Crippen LogP contribution in [0.1, 0.15) is 32.0 Å². The molecule has 0 aromatic carbocycles. The Morgan fingerprint density at radius 3 is 2.71 bits per heavy atom. The molecule has 0 fully saturated rings. The van der Waals surface area contributed by atoms with Gasteiger partial charge in [0.2, 0.25) is 0 Å². The predicted octanol–water partition coefficient (Wildman–Crippen LogP) is 2.12. The largest absolute Gasteiger partial charge is 0.414 e. The van der Waals surface area contributed by atoms with Crippen LogP contribution in [-0.4, -0.2) is 23.1 Å². The molecule has 0 saturated heterocycles. The molecule has 5 heteroatoms. The molecule has 0 radical (unpaired) electrons. The molecule has 0 aliphatic rings. The number of hydroxylamine groups is 1. The van der Waals surface area contributed by atoms with Crippen LogP contribution in [0.25, 0.3) is 6.08 Å². The lowest BCUT2D eigenvalue weighted by Crippen LogP contribution is -2.13. The maximum Gasteiger partial charge on any atom is 0.133 e. The molecule has 0 spiro atoms. The molecule has 1 aromatic heterocycles. The van der Waals surface area contributed by atoms with Crippen molar-refractivity contribution in [1.29, 1.82) is 0 Å². The molecular weight excluding hydrogens is 216 g/mol. The van der Waals surface area contributed by atoms with Crippen LogP contribution in [0.2, 0.25) is 0 Å². The van der Waals surface area contributed by atoms with Crippen molar-refractivity contribution in [2.45, 2.75) is 33.7 Å². The standard InChI is InChI=1S/C12H20N4O/c1-8(2)16-12-10(4)11(14-7-15-12)6-9(3)17-13-5/h6-8,13H,1-5H3,(H,14,15,16)/b9-6+. The Morgan fingerprint density at radius 1 is 1.41 bits per heavy atom. The molecule has 1 rings (SSSR count). The fourth-order valence-electron chi connectivity index (χ4n) is 1.41. The van der Waals surface area contributed by atoms with E-state index in [1.54, 1.807) is 13.4 Å². The van der Waals surface area contributed by atoms with Crippen LogP contribution in [0.5, 0.6) is 0 Å². The van der Waals surface area contributed by atoms with Gasteiger partial charge >= 0.3 is 0 Å². The number of rotatable bonds is 5. The summed E-state index contributed by atoms with van der Waals surface area (Å²) in [4.78, 5) is 13.6. The summed E-state index contributed by atoms with van der Waals surface area (Å²) in [5.74, 6) is 1.61. The zero-order valence-corrected chi connectivity index (χ0v) is 11.0. The van der Waals surface area contributed by atoms with Gasteiger partial charge in [-0.05, 0) is 27.7 Å². The van der Waals surface area contributed by atoms with E-state index in [2.05, 4.69) is 34.6 Å². The summed E-state index contributed by atoms with van der Waals surface area (Å²) in [5, 5.41) is 3.28. The highest BCUT2D eigenvalue weighted by Gasteiger charge is 2.06. The molecule has 0 atom stereocenters. The molecule has 1 heterocycles. The molecule has 2 N–H and O–H groups in total. The van der Waals surface area contributed by atoms with Crippen molar-refractivity contribution >= 4 is 11.9 Å². The van der Waals surface area contributed by atoms with Gasteiger partial charge in [-0.15, -0.1) is 0 Å². The molecule has 0 aliphatic carbocycles. The molecule has 0 bridgehead atoms. The first-order valence-corrected chi connectivity index (χ1v) is 5.64. The van der Waals surface area contributed by atoms with Crippen molar-refractivity contribution < 1.29 is 4.84 Å². The van der Waals surface area contributed by atoms with E-state index in [0.717, 1.165) is 22.8 Å². The van der Waals surface area contributed by atoms with E-state index in [0.29, 0.717) is 6.04 Å². The molecule has 94 valence electrons. The Hall–Kier alpha value is -1.62. The minimum Gasteiger partial charge on any atom is -0.414 e. The molecule has 0 unspecified atom stereocenters. The zero-order chi connectivity index (χ0) is 12.8. The van der Waals surface area contributed by atoms with Gasteiger partial charge in [0.05, 0.1) is 5.69 Å². The summed E-state index contributed by atoms with van der Waals surface area (Å²) in [6.07, 6.45) is 3.43. The fraction of sp³-hybridized carbons (Fsp3) is 0.500. The van der Waals surface area contributed by atoms with Crippen LogP contribution < -0.4 is 10.8 Å². The summed E-state index contributed by atoms with van der Waals surface area (Å²) in [6, 6.07) is 0.343. The highest BCUT2D eigenvalue weighted by molar-refractivity contribution is 5.58. The third-order valence-corrected chi connectivity index (χ3v) is 2.15. The first kappa shape index (κ1) is 13.4. The van der Waals surface area contributed by atoms with Crippen molar-refractivity contribution in [2.75, 3.05) is 12.4 Å². The van der Waals surface area contributed by atoms with Crippen molar-refractivity contribution in [2.24, 2.45) is 0 Å². The Labute approximate surface area is 102 Å². The smallest absolute Gasteiger partial charge is 0.133 e. The lowest BCUT2D eigenvalue weighted by molar-refractivity contribution is 0.131. The summed E-state index contributed by atoms with van der Waals surface area (Å²) in [6.45, 7) is 8.01. The highest BCUT2D eigenvalue weighted by Crippen LogP contribution is 2.17. The van der Waals surface area contributed by atoms with Crippen LogP contribution >= 0.6 is 0 Å². The van der Waals surface area contributed by atoms with Crippen LogP contribution in [-0.2, 0) is 4.84 Å². The molecule has 5 nitrogen and oxygen atoms in total. The molecule has 0 aliphatic heterocycles. The summed E-state index contributed by atoms with van der Waals surface area (Å²) in [5.41, 5.74) is 4.50. The van der Waals surface area contributed by atoms with Gasteiger partial charge in [0, 0.05) is 24.7 Å². The number of allylic oxidation sites excluding steroid dienone is 1. The maximum atomic E-state index is 5.15. The quantitative estimate of drug-likeness (QED) is 0.605. The van der Waals surface area contributed by atoms with Gasteiger partial charge in [-0.2, -0.15) is 5.48 Å². The lowest BCUT2D eigenvalue weighted by Gasteiger charge is -2.12. The minimum atomic E-state index is 0.343. The van der Waals surface area contributed by atoms with Crippen LogP contribution in [0.15, 0.2) is 12.1 Å². The molecule has 0 saturated carbocycles. The van der Waals surface area contributed by atoms with E-state index in [1.165, 1.54) is 0 Å². The van der Waals surface area contributed by atoms with Gasteiger partial charge in [0.15, 0.2) is 0 Å². The Balaban J connectivity index is 2.97. The second-order valence-electron chi connectivity index (χ2n) is 4.09. The molecule has 0 amide bonds. The van der Waals surface area contributed by atoms with E-state index in [1.807, 2.05) is 19.9 Å². The van der Waals surface area contributed by atoms with Crippen molar-refractivity contribution in [3.8, 4) is 0 Å². The SMILES string of the molecule is CNO/C(C)=C/c1ncnc(NC(C)C)c1C. The Morgan fingerprint density at radius 2 is 2.12 bits per heavy atom. The number of anilines is 1. The Kier molecular flexibility index (Phi) is 4.90. The van der Waals surface area contributed by atoms with Crippen molar-refractivity contribution in [1.82, 2.24) is 15.4 Å². The van der Waals surface area contributed by atoms with Gasteiger partial charge < -0.3 is 10.2 Å². The number of hydrogen-bond donors (Lipinski definition) is 2. The third kappa shape index (κ3) is 4.03. The summed E-state index contributed by atoms with van der Waals surface area (Å²) < 4.78 is 0. The molecule has 17 heavy (non-hydrogen) atoms. The van der Waals surface area contributed by atoms with E-state index in [9.17, 15) is 0 Å². The van der Waals surface area contributed by atoms with Crippen molar-refractivity contribution in [3.63, 3.8) is 0 Å². The monoisotopic (exact) mass is 236 g/mol. The number of nitrogens with zero attached hydrogens (tertiary/aromatic N) is 2. The maximum absolute atomic E-state index is 5.15. The average molecular weight is 236 g/mol. The summed E-state index contributed by atoms with van der Waals surface area (Å²) >= 11 is 0. The van der Waals surface area contributed by atoms with Gasteiger partial charge in [-0.3, -0.25) is 0 Å². The van der Waals surface area contributed by atoms with Crippen LogP contribution in [0.4, 0.5) is 5.82 Å². The van der Waals surface area contributed by atoms with Gasteiger partial charge in [0.25, 0.3) is 0 Å². The van der Waals surface area contributed by atoms with E-state index < -0.39 is 0 Å². The highest BCUT2D eigenvalue weighted by atomic mass is 16.6. The van der Waals surface area contributed by atoms with Crippen LogP contribution in [0, 0.1) is 6.92 Å². The third-order valence-electron chi connectivity index (χ3n) is 2.15. The second kappa shape index (κ2) is 6.20. The first-order valence-electron chi connectivity index (χ1n) is 5.64. The minimum absolute atomic E-state index is 0.343. The number of nitrogens with one attached hydrogen (secondary N) is 2. The van der Waals surface area contributed by atoms with Crippen LogP contribution in [0.3, 0.4) is 0 Å². The molecular formula is C12H20N4O. The van der Waals surface area contributed by atoms with E-state index in [4.69, 9.17) is 4.84 Å². The topological polar surface area (TPSA) is 59.1 Å². The average Bonchev–Trinajstić information content (AvgIpc) is 2.23. The zero-order valence-electron chi connectivity index (χ0n) is 11.0. The normalized spacial score (nSPS) is 11.8. The van der Waals surface area contributed by atoms with E-state index >= 15 is 0 Å².